The van der Waals surface area contributed by atoms with Crippen LogP contribution in [0.1, 0.15) is 18.1 Å². The van der Waals surface area contributed by atoms with Crippen LogP contribution in [0.5, 0.6) is 11.5 Å². The first-order chi connectivity index (χ1) is 6.76. The molecule has 1 aromatic carbocycles. The van der Waals surface area contributed by atoms with Gasteiger partial charge in [0.15, 0.2) is 0 Å². The Hall–Kier alpha value is -1.22. The van der Waals surface area contributed by atoms with Crippen LogP contribution in [-0.2, 0) is 13.0 Å². The number of hydrogen-bond acceptors (Lipinski definition) is 3. The average molecular weight is 196 g/mol. The van der Waals surface area contributed by atoms with Crippen molar-refractivity contribution in [2.24, 2.45) is 0 Å². The third-order valence-corrected chi connectivity index (χ3v) is 2.23. The second-order valence-corrected chi connectivity index (χ2v) is 2.99. The topological polar surface area (TPSA) is 38.7 Å². The predicted octanol–water partition coefficient (Wildman–Crippen LogP) is 1.76. The zero-order chi connectivity index (χ0) is 10.6. The van der Waals surface area contributed by atoms with E-state index in [9.17, 15) is 0 Å². The summed E-state index contributed by atoms with van der Waals surface area (Å²) in [7, 11) is 3.18. The molecule has 0 aliphatic heterocycles. The van der Waals surface area contributed by atoms with Crippen molar-refractivity contribution in [2.75, 3.05) is 14.2 Å². The van der Waals surface area contributed by atoms with Crippen LogP contribution in [0.4, 0.5) is 0 Å². The fourth-order valence-electron chi connectivity index (χ4n) is 1.40. The summed E-state index contributed by atoms with van der Waals surface area (Å²) < 4.78 is 10.4. The van der Waals surface area contributed by atoms with Gasteiger partial charge in [-0.15, -0.1) is 0 Å². The Morgan fingerprint density at radius 1 is 1.14 bits per heavy atom. The molecule has 0 aromatic heterocycles. The highest BCUT2D eigenvalue weighted by molar-refractivity contribution is 5.47. The molecule has 0 aliphatic rings. The first-order valence-electron chi connectivity index (χ1n) is 4.61. The highest BCUT2D eigenvalue weighted by Crippen LogP contribution is 2.30. The molecule has 0 saturated carbocycles. The molecule has 1 N–H and O–H groups in total. The number of methoxy groups -OCH3 is 2. The monoisotopic (exact) mass is 196 g/mol. The van der Waals surface area contributed by atoms with E-state index in [1.807, 2.05) is 12.1 Å². The first-order valence-corrected chi connectivity index (χ1v) is 4.61. The molecule has 0 fully saturated rings. The standard InChI is InChI=1S/C11H16O3/c1-4-8-5-10(13-2)9(7-12)11(6-8)14-3/h5-6,12H,4,7H2,1-3H3. The molecule has 78 valence electrons. The molecule has 0 bridgehead atoms. The van der Waals surface area contributed by atoms with Gasteiger partial charge in [0.05, 0.1) is 26.4 Å². The Morgan fingerprint density at radius 2 is 1.64 bits per heavy atom. The third kappa shape index (κ3) is 1.99. The Labute approximate surface area is 84.3 Å². The molecule has 0 spiro atoms. The second-order valence-electron chi connectivity index (χ2n) is 2.99. The fourth-order valence-corrected chi connectivity index (χ4v) is 1.40. The van der Waals surface area contributed by atoms with Gasteiger partial charge in [-0.2, -0.15) is 0 Å². The van der Waals surface area contributed by atoms with Gasteiger partial charge in [-0.3, -0.25) is 0 Å². The van der Waals surface area contributed by atoms with Crippen molar-refractivity contribution in [2.45, 2.75) is 20.0 Å². The Morgan fingerprint density at radius 3 is 1.93 bits per heavy atom. The van der Waals surface area contributed by atoms with Gasteiger partial charge in [-0.1, -0.05) is 6.92 Å². The largest absolute Gasteiger partial charge is 0.496 e. The molecule has 0 radical (unpaired) electrons. The zero-order valence-electron chi connectivity index (χ0n) is 8.83. The lowest BCUT2D eigenvalue weighted by molar-refractivity contribution is 0.265. The van der Waals surface area contributed by atoms with Crippen LogP contribution < -0.4 is 9.47 Å². The van der Waals surface area contributed by atoms with Crippen LogP contribution in [0.3, 0.4) is 0 Å². The van der Waals surface area contributed by atoms with E-state index >= 15 is 0 Å². The molecule has 3 nitrogen and oxygen atoms in total. The molecule has 0 saturated heterocycles. The molecular weight excluding hydrogens is 180 g/mol. The molecule has 0 aliphatic carbocycles. The smallest absolute Gasteiger partial charge is 0.128 e. The van der Waals surface area contributed by atoms with Gasteiger partial charge in [0.1, 0.15) is 11.5 Å². The van der Waals surface area contributed by atoms with E-state index in [-0.39, 0.29) is 6.61 Å². The molecule has 1 rings (SSSR count). The van der Waals surface area contributed by atoms with E-state index in [0.717, 1.165) is 12.0 Å². The molecule has 0 unspecified atom stereocenters. The summed E-state index contributed by atoms with van der Waals surface area (Å²) in [5, 5.41) is 9.17. The lowest BCUT2D eigenvalue weighted by Gasteiger charge is -2.12. The van der Waals surface area contributed by atoms with Gasteiger partial charge in [-0.25, -0.2) is 0 Å². The highest BCUT2D eigenvalue weighted by atomic mass is 16.5. The molecule has 0 heterocycles. The van der Waals surface area contributed by atoms with Crippen LogP contribution in [0.25, 0.3) is 0 Å². The van der Waals surface area contributed by atoms with Crippen molar-refractivity contribution in [3.05, 3.63) is 23.3 Å². The minimum absolute atomic E-state index is 0.0731. The normalized spacial score (nSPS) is 10.0. The van der Waals surface area contributed by atoms with Crippen LogP contribution in [0, 0.1) is 0 Å². The van der Waals surface area contributed by atoms with E-state index in [0.29, 0.717) is 17.1 Å². The fraction of sp³-hybridized carbons (Fsp3) is 0.455. The average Bonchev–Trinajstić information content (AvgIpc) is 2.26. The maximum absolute atomic E-state index is 9.17. The number of aliphatic hydroxyl groups excluding tert-OH is 1. The van der Waals surface area contributed by atoms with Crippen molar-refractivity contribution >= 4 is 0 Å². The summed E-state index contributed by atoms with van der Waals surface area (Å²) in [4.78, 5) is 0. The van der Waals surface area contributed by atoms with Crippen LogP contribution in [0.2, 0.25) is 0 Å². The summed E-state index contributed by atoms with van der Waals surface area (Å²) in [6.07, 6.45) is 0.915. The molecular formula is C11H16O3. The second kappa shape index (κ2) is 4.86. The van der Waals surface area contributed by atoms with Gasteiger partial charge < -0.3 is 14.6 Å². The van der Waals surface area contributed by atoms with E-state index < -0.39 is 0 Å². The minimum Gasteiger partial charge on any atom is -0.496 e. The molecule has 0 atom stereocenters. The van der Waals surface area contributed by atoms with Crippen molar-refractivity contribution in [3.63, 3.8) is 0 Å². The lowest BCUT2D eigenvalue weighted by atomic mass is 10.1. The summed E-state index contributed by atoms with van der Waals surface area (Å²) in [5.74, 6) is 1.37. The number of aliphatic hydroxyl groups is 1. The summed E-state index contributed by atoms with van der Waals surface area (Å²) in [6, 6.07) is 3.85. The summed E-state index contributed by atoms with van der Waals surface area (Å²) in [6.45, 7) is 1.99. The third-order valence-electron chi connectivity index (χ3n) is 2.23. The predicted molar refractivity (Wildman–Crippen MR) is 54.8 cm³/mol. The van der Waals surface area contributed by atoms with Crippen LogP contribution >= 0.6 is 0 Å². The lowest BCUT2D eigenvalue weighted by Crippen LogP contribution is -1.98. The van der Waals surface area contributed by atoms with E-state index in [4.69, 9.17) is 14.6 Å². The van der Waals surface area contributed by atoms with Crippen molar-refractivity contribution in [1.82, 2.24) is 0 Å². The van der Waals surface area contributed by atoms with Crippen molar-refractivity contribution in [3.8, 4) is 11.5 Å². The van der Waals surface area contributed by atoms with Gasteiger partial charge >= 0.3 is 0 Å². The van der Waals surface area contributed by atoms with Crippen LogP contribution in [-0.4, -0.2) is 19.3 Å². The number of hydrogen-bond donors (Lipinski definition) is 1. The Kier molecular flexibility index (Phi) is 3.77. The Balaban J connectivity index is 3.24. The van der Waals surface area contributed by atoms with Gasteiger partial charge in [0, 0.05) is 0 Å². The quantitative estimate of drug-likeness (QED) is 0.797. The van der Waals surface area contributed by atoms with Crippen molar-refractivity contribution < 1.29 is 14.6 Å². The maximum atomic E-state index is 9.17. The van der Waals surface area contributed by atoms with E-state index in [1.165, 1.54) is 0 Å². The van der Waals surface area contributed by atoms with Crippen molar-refractivity contribution in [1.29, 1.82) is 0 Å². The van der Waals surface area contributed by atoms with E-state index in [2.05, 4.69) is 6.92 Å². The highest BCUT2D eigenvalue weighted by Gasteiger charge is 2.10. The van der Waals surface area contributed by atoms with Crippen LogP contribution in [0.15, 0.2) is 12.1 Å². The maximum Gasteiger partial charge on any atom is 0.128 e. The number of benzene rings is 1. The number of aryl methyl sites for hydroxylation is 1. The zero-order valence-corrected chi connectivity index (χ0v) is 8.83. The number of ether oxygens (including phenoxy) is 2. The summed E-state index contributed by atoms with van der Waals surface area (Å²) in [5.41, 5.74) is 1.84. The molecule has 1 aromatic rings. The molecule has 14 heavy (non-hydrogen) atoms. The first kappa shape index (κ1) is 10.9. The molecule has 0 amide bonds. The summed E-state index contributed by atoms with van der Waals surface area (Å²) >= 11 is 0. The minimum atomic E-state index is -0.0731. The van der Waals surface area contributed by atoms with Gasteiger partial charge in [0.25, 0.3) is 0 Å². The SMILES string of the molecule is CCc1cc(OC)c(CO)c(OC)c1. The van der Waals surface area contributed by atoms with E-state index in [1.54, 1.807) is 14.2 Å². The van der Waals surface area contributed by atoms with Gasteiger partial charge in [-0.05, 0) is 24.1 Å². The Bertz CT molecular complexity index is 282. The van der Waals surface area contributed by atoms with Gasteiger partial charge in [0.2, 0.25) is 0 Å². The number of rotatable bonds is 4. The molecule has 3 heteroatoms.